The molecule has 4 aromatic carbocycles. The van der Waals surface area contributed by atoms with Crippen LogP contribution in [-0.4, -0.2) is 35.1 Å². The van der Waals surface area contributed by atoms with Crippen molar-refractivity contribution in [3.8, 4) is 0 Å². The summed E-state index contributed by atoms with van der Waals surface area (Å²) in [5.74, 6) is 1.86. The molecule has 3 nitrogen and oxygen atoms in total. The van der Waals surface area contributed by atoms with Gasteiger partial charge in [0.2, 0.25) is 0 Å². The molecule has 0 N–H and O–H groups in total. The van der Waals surface area contributed by atoms with Crippen LogP contribution >= 0.6 is 0 Å². The Hall–Kier alpha value is -3.36. The van der Waals surface area contributed by atoms with Crippen molar-refractivity contribution in [1.29, 1.82) is 0 Å². The van der Waals surface area contributed by atoms with Crippen LogP contribution in [0.1, 0.15) is 127 Å². The first-order valence-corrected chi connectivity index (χ1v) is 26.2. The minimum Gasteiger partial charge on any atom is -0.404 e. The van der Waals surface area contributed by atoms with Gasteiger partial charge in [0, 0.05) is 18.6 Å². The van der Waals surface area contributed by atoms with E-state index in [1.807, 2.05) is 0 Å². The van der Waals surface area contributed by atoms with E-state index in [0.29, 0.717) is 24.4 Å². The molecule has 312 valence electrons. The van der Waals surface area contributed by atoms with Crippen LogP contribution < -0.4 is 20.7 Å². The molecule has 6 rings (SSSR count). The Bertz CT molecular complexity index is 1750. The van der Waals surface area contributed by atoms with Gasteiger partial charge in [-0.15, -0.1) is 0 Å². The second kappa shape index (κ2) is 20.8. The normalized spacial score (nSPS) is 20.9. The molecule has 4 unspecified atom stereocenters. The molecule has 58 heavy (non-hydrogen) atoms. The van der Waals surface area contributed by atoms with Crippen LogP contribution in [0.25, 0.3) is 0 Å². The van der Waals surface area contributed by atoms with Crippen molar-refractivity contribution in [2.45, 2.75) is 149 Å². The van der Waals surface area contributed by atoms with Gasteiger partial charge in [-0.2, -0.15) is 0 Å². The monoisotopic (exact) mass is 815 g/mol. The van der Waals surface area contributed by atoms with E-state index < -0.39 is 16.6 Å². The Kier molecular flexibility index (Phi) is 16.4. The highest BCUT2D eigenvalue weighted by Gasteiger charge is 2.53. The van der Waals surface area contributed by atoms with Crippen LogP contribution in [0.15, 0.2) is 133 Å². The van der Waals surface area contributed by atoms with E-state index in [-0.39, 0.29) is 16.2 Å². The number of carbonyl (C=O) groups excluding carboxylic acids is 1. The molecule has 0 spiro atoms. The van der Waals surface area contributed by atoms with Crippen LogP contribution in [-0.2, 0) is 13.6 Å². The summed E-state index contributed by atoms with van der Waals surface area (Å²) in [4.78, 5) is 11.0. The second-order valence-electron chi connectivity index (χ2n) is 19.6. The number of rotatable bonds is 13. The molecule has 0 amide bonds. The molecular formula is C53H74O3Si2. The van der Waals surface area contributed by atoms with Gasteiger partial charge in [0.05, 0.1) is 0 Å². The van der Waals surface area contributed by atoms with Crippen molar-refractivity contribution < 1.29 is 13.6 Å². The summed E-state index contributed by atoms with van der Waals surface area (Å²) < 4.78 is 14.6. The van der Waals surface area contributed by atoms with Gasteiger partial charge in [0.15, 0.2) is 0 Å². The summed E-state index contributed by atoms with van der Waals surface area (Å²) in [5, 5.41) is 5.52. The van der Waals surface area contributed by atoms with Gasteiger partial charge in [0.25, 0.3) is 16.6 Å². The van der Waals surface area contributed by atoms with Crippen LogP contribution in [0.5, 0.6) is 0 Å². The lowest BCUT2D eigenvalue weighted by atomic mass is 9.84. The van der Waals surface area contributed by atoms with Gasteiger partial charge in [-0.25, -0.2) is 0 Å². The largest absolute Gasteiger partial charge is 0.404 e. The Balaban J connectivity index is 0.000000223. The van der Waals surface area contributed by atoms with Gasteiger partial charge in [-0.1, -0.05) is 201 Å². The zero-order chi connectivity index (χ0) is 41.8. The predicted octanol–water partition coefficient (Wildman–Crippen LogP) is 11.8. The maximum Gasteiger partial charge on any atom is 0.261 e. The molecule has 0 aromatic heterocycles. The number of aldehydes is 1. The summed E-state index contributed by atoms with van der Waals surface area (Å²) in [6.45, 7) is 21.0. The maximum absolute atomic E-state index is 11.0. The SMILES string of the molecule is CC(=CCC1CCCC(O[Si](c2ccccc2)(c2ccccc2)C(C)(C)C)C1)C(C)C.CC(C)(C)[Si](OC1CCCC(CC=O)C1)(c1ccccc1)c1ccccc1. The molecule has 0 bridgehead atoms. The fraction of sp³-hybridized carbons (Fsp3) is 0.491. The molecule has 0 saturated heterocycles. The molecule has 0 heterocycles. The minimum atomic E-state index is -2.48. The Morgan fingerprint density at radius 3 is 1.19 bits per heavy atom. The molecule has 5 heteroatoms. The van der Waals surface area contributed by atoms with E-state index in [0.717, 1.165) is 37.9 Å². The fourth-order valence-electron chi connectivity index (χ4n) is 9.73. The Morgan fingerprint density at radius 2 is 0.897 bits per heavy atom. The first-order chi connectivity index (χ1) is 27.7. The molecular weight excluding hydrogens is 741 g/mol. The second-order valence-corrected chi connectivity index (χ2v) is 28.1. The molecule has 0 radical (unpaired) electrons. The highest BCUT2D eigenvalue weighted by molar-refractivity contribution is 7.00. The first kappa shape index (κ1) is 45.7. The third-order valence-electron chi connectivity index (χ3n) is 13.1. The third-order valence-corrected chi connectivity index (χ3v) is 23.3. The van der Waals surface area contributed by atoms with Gasteiger partial charge >= 0.3 is 0 Å². The van der Waals surface area contributed by atoms with E-state index >= 15 is 0 Å². The third kappa shape index (κ3) is 11.1. The van der Waals surface area contributed by atoms with Crippen molar-refractivity contribution in [2.24, 2.45) is 17.8 Å². The number of carbonyl (C=O) groups is 1. The van der Waals surface area contributed by atoms with Crippen LogP contribution in [0, 0.1) is 17.8 Å². The van der Waals surface area contributed by atoms with E-state index in [2.05, 4.69) is 190 Å². The van der Waals surface area contributed by atoms with Gasteiger partial charge < -0.3 is 13.6 Å². The Labute approximate surface area is 355 Å². The summed E-state index contributed by atoms with van der Waals surface area (Å²) in [6.07, 6.45) is 15.4. The van der Waals surface area contributed by atoms with Gasteiger partial charge in [-0.3, -0.25) is 0 Å². The van der Waals surface area contributed by atoms with E-state index in [9.17, 15) is 4.79 Å². The lowest BCUT2D eigenvalue weighted by Crippen LogP contribution is -2.67. The van der Waals surface area contributed by atoms with Crippen molar-refractivity contribution in [1.82, 2.24) is 0 Å². The maximum atomic E-state index is 11.0. The summed E-state index contributed by atoms with van der Waals surface area (Å²) >= 11 is 0. The fourth-order valence-corrected chi connectivity index (χ4v) is 19.2. The number of hydrogen-bond donors (Lipinski definition) is 0. The molecule has 2 aliphatic carbocycles. The standard InChI is InChI=1S/C29H42OSi.C24H32O2Si/c1-23(2)24(3)20-21-25-14-13-15-26(22-25)30-31(29(4,5)6,27-16-9-7-10-17-27)28-18-11-8-12-19-28;1-24(2,3)27(22-13-6-4-7-14-22,23-15-8-5-9-16-23)26-21-12-10-11-20(19-21)17-18-25/h7-12,16-20,23,25-26H,13-15,21-22H2,1-6H3;4-9,13-16,18,20-21H,10-12,17,19H2,1-3H3. The lowest BCUT2D eigenvalue weighted by molar-refractivity contribution is -0.109. The van der Waals surface area contributed by atoms with Crippen LogP contribution in [0.4, 0.5) is 0 Å². The van der Waals surface area contributed by atoms with Crippen LogP contribution in [0.3, 0.4) is 0 Å². The van der Waals surface area contributed by atoms with Gasteiger partial charge in [0.1, 0.15) is 6.29 Å². The van der Waals surface area contributed by atoms with Crippen molar-refractivity contribution in [2.75, 3.05) is 0 Å². The predicted molar refractivity (Wildman–Crippen MR) is 253 cm³/mol. The molecule has 2 saturated carbocycles. The van der Waals surface area contributed by atoms with Gasteiger partial charge in [-0.05, 0) is 100 Å². The average Bonchev–Trinajstić information content (AvgIpc) is 3.22. The lowest BCUT2D eigenvalue weighted by Gasteiger charge is -2.46. The first-order valence-electron chi connectivity index (χ1n) is 22.4. The van der Waals surface area contributed by atoms with Crippen molar-refractivity contribution in [3.05, 3.63) is 133 Å². The number of benzene rings is 4. The van der Waals surface area contributed by atoms with E-state index in [1.54, 1.807) is 0 Å². The highest BCUT2D eigenvalue weighted by Crippen LogP contribution is 2.42. The molecule has 4 atom stereocenters. The number of hydrogen-bond acceptors (Lipinski definition) is 3. The zero-order valence-electron chi connectivity index (χ0n) is 37.4. The summed E-state index contributed by atoms with van der Waals surface area (Å²) in [6, 6.07) is 43.8. The number of allylic oxidation sites excluding steroid dienone is 2. The molecule has 2 fully saturated rings. The zero-order valence-corrected chi connectivity index (χ0v) is 39.4. The smallest absolute Gasteiger partial charge is 0.261 e. The molecule has 2 aliphatic rings. The summed E-state index contributed by atoms with van der Waals surface area (Å²) in [7, 11) is -4.92. The Morgan fingerprint density at radius 1 is 0.569 bits per heavy atom. The minimum absolute atomic E-state index is 0.00725. The van der Waals surface area contributed by atoms with E-state index in [4.69, 9.17) is 8.85 Å². The van der Waals surface area contributed by atoms with E-state index in [1.165, 1.54) is 58.4 Å². The van der Waals surface area contributed by atoms with Crippen molar-refractivity contribution >= 4 is 43.7 Å². The van der Waals surface area contributed by atoms with Crippen molar-refractivity contribution in [3.63, 3.8) is 0 Å². The molecule has 4 aromatic rings. The van der Waals surface area contributed by atoms with Crippen LogP contribution in [0.2, 0.25) is 10.1 Å². The highest BCUT2D eigenvalue weighted by atomic mass is 28.4. The molecule has 0 aliphatic heterocycles. The average molecular weight is 815 g/mol. The quantitative estimate of drug-likeness (QED) is 0.0766. The summed E-state index contributed by atoms with van der Waals surface area (Å²) in [5.41, 5.74) is 1.52. The topological polar surface area (TPSA) is 35.5 Å².